The van der Waals surface area contributed by atoms with Crippen molar-refractivity contribution in [3.63, 3.8) is 0 Å². The molecule has 0 radical (unpaired) electrons. The predicted octanol–water partition coefficient (Wildman–Crippen LogP) is 6.26. The number of hydrogen-bond donors (Lipinski definition) is 1. The molecule has 0 aromatic heterocycles. The van der Waals surface area contributed by atoms with Crippen LogP contribution < -0.4 is 5.32 Å². The Balaban J connectivity index is 1.89. The van der Waals surface area contributed by atoms with Crippen molar-refractivity contribution in [1.82, 2.24) is 0 Å². The second-order valence-electron chi connectivity index (χ2n) is 6.49. The Labute approximate surface area is 166 Å². The average Bonchev–Trinajstić information content (AvgIpc) is 3.13. The number of nitrogens with one attached hydrogen (secondary N) is 1. The van der Waals surface area contributed by atoms with Gasteiger partial charge in [-0.3, -0.25) is 0 Å². The fourth-order valence-corrected chi connectivity index (χ4v) is 4.68. The number of anilines is 1. The van der Waals surface area contributed by atoms with Gasteiger partial charge in [-0.15, -0.1) is 0 Å². The van der Waals surface area contributed by atoms with Crippen LogP contribution in [0.15, 0.2) is 42.5 Å². The first-order valence-corrected chi connectivity index (χ1v) is 9.44. The zero-order chi connectivity index (χ0) is 18.4. The van der Waals surface area contributed by atoms with Crippen molar-refractivity contribution in [1.29, 1.82) is 0 Å². The van der Waals surface area contributed by atoms with Crippen molar-refractivity contribution >= 4 is 46.5 Å². The molecule has 1 aliphatic heterocycles. The van der Waals surface area contributed by atoms with Gasteiger partial charge in [0, 0.05) is 5.92 Å². The van der Waals surface area contributed by atoms with E-state index in [-0.39, 0.29) is 23.8 Å². The number of hydrogen-bond acceptors (Lipinski definition) is 3. The quantitative estimate of drug-likeness (QED) is 0.471. The number of carbonyl (C=O) groups is 1. The lowest BCUT2D eigenvalue weighted by Gasteiger charge is -2.39. The Bertz CT molecular complexity index is 926. The molecule has 6 heteroatoms. The fourth-order valence-electron chi connectivity index (χ4n) is 4.03. The van der Waals surface area contributed by atoms with Gasteiger partial charge in [-0.2, -0.15) is 0 Å². The zero-order valence-electron chi connectivity index (χ0n) is 13.9. The first kappa shape index (κ1) is 17.7. The minimum atomic E-state index is -0.363. The Hall–Kier alpha value is -1.68. The van der Waals surface area contributed by atoms with Crippen molar-refractivity contribution in [3.8, 4) is 0 Å². The number of carbonyl (C=O) groups excluding carboxylic acids is 1. The van der Waals surface area contributed by atoms with Gasteiger partial charge >= 0.3 is 5.97 Å². The molecular weight excluding hydrogens is 393 g/mol. The molecular formula is C20H16Cl3NO2. The van der Waals surface area contributed by atoms with Gasteiger partial charge in [0.15, 0.2) is 0 Å². The van der Waals surface area contributed by atoms with E-state index in [0.29, 0.717) is 20.6 Å². The molecule has 0 unspecified atom stereocenters. The van der Waals surface area contributed by atoms with Gasteiger partial charge in [-0.25, -0.2) is 4.79 Å². The summed E-state index contributed by atoms with van der Waals surface area (Å²) in [5.74, 6) is -0.0996. The molecule has 1 heterocycles. The molecule has 0 saturated carbocycles. The molecule has 2 aromatic rings. The van der Waals surface area contributed by atoms with E-state index in [4.69, 9.17) is 39.5 Å². The average molecular weight is 409 g/mol. The number of rotatable bonds is 2. The van der Waals surface area contributed by atoms with E-state index < -0.39 is 0 Å². The summed E-state index contributed by atoms with van der Waals surface area (Å²) in [7, 11) is 1.39. The van der Waals surface area contributed by atoms with E-state index in [1.54, 1.807) is 18.2 Å². The first-order chi connectivity index (χ1) is 12.5. The number of methoxy groups -OCH3 is 1. The Morgan fingerprint density at radius 3 is 2.73 bits per heavy atom. The molecule has 0 bridgehead atoms. The van der Waals surface area contributed by atoms with Crippen LogP contribution in [0, 0.1) is 5.92 Å². The molecule has 2 aliphatic rings. The summed E-state index contributed by atoms with van der Waals surface area (Å²) in [6, 6.07) is 9.03. The predicted molar refractivity (Wildman–Crippen MR) is 106 cm³/mol. The third-order valence-electron chi connectivity index (χ3n) is 5.19. The van der Waals surface area contributed by atoms with Gasteiger partial charge in [0.2, 0.25) is 0 Å². The summed E-state index contributed by atoms with van der Waals surface area (Å²) >= 11 is 19.2. The van der Waals surface area contributed by atoms with Crippen LogP contribution in [-0.2, 0) is 4.74 Å². The molecule has 4 rings (SSSR count). The lowest BCUT2D eigenvalue weighted by Crippen LogP contribution is -2.31. The Morgan fingerprint density at radius 2 is 1.96 bits per heavy atom. The Kier molecular flexibility index (Phi) is 4.64. The molecule has 3 nitrogen and oxygen atoms in total. The maximum Gasteiger partial charge on any atom is 0.338 e. The van der Waals surface area contributed by atoms with Crippen molar-refractivity contribution < 1.29 is 9.53 Å². The highest BCUT2D eigenvalue weighted by atomic mass is 35.5. The van der Waals surface area contributed by atoms with Crippen molar-refractivity contribution in [2.75, 3.05) is 12.4 Å². The zero-order valence-corrected chi connectivity index (χ0v) is 16.2. The van der Waals surface area contributed by atoms with Crippen LogP contribution in [0.5, 0.6) is 0 Å². The van der Waals surface area contributed by atoms with E-state index in [2.05, 4.69) is 17.5 Å². The number of fused-ring (bicyclic) bond motifs is 3. The van der Waals surface area contributed by atoms with Crippen molar-refractivity contribution in [2.24, 2.45) is 5.92 Å². The smallest absolute Gasteiger partial charge is 0.338 e. The third kappa shape index (κ3) is 2.70. The van der Waals surface area contributed by atoms with Crippen molar-refractivity contribution in [2.45, 2.75) is 18.4 Å². The van der Waals surface area contributed by atoms with Crippen LogP contribution >= 0.6 is 34.8 Å². The fraction of sp³-hybridized carbons (Fsp3) is 0.250. The lowest BCUT2D eigenvalue weighted by molar-refractivity contribution is 0.0598. The lowest BCUT2D eigenvalue weighted by atomic mass is 9.75. The van der Waals surface area contributed by atoms with Crippen LogP contribution in [0.2, 0.25) is 15.1 Å². The largest absolute Gasteiger partial charge is 0.465 e. The van der Waals surface area contributed by atoms with Gasteiger partial charge in [0.1, 0.15) is 0 Å². The second kappa shape index (κ2) is 6.80. The highest BCUT2D eigenvalue weighted by molar-refractivity contribution is 6.42. The molecule has 134 valence electrons. The van der Waals surface area contributed by atoms with Crippen molar-refractivity contribution in [3.05, 3.63) is 74.2 Å². The minimum Gasteiger partial charge on any atom is -0.465 e. The Morgan fingerprint density at radius 1 is 1.15 bits per heavy atom. The van der Waals surface area contributed by atoms with Crippen LogP contribution in [-0.4, -0.2) is 13.1 Å². The molecule has 3 atom stereocenters. The number of allylic oxidation sites excluding steroid dienone is 2. The second-order valence-corrected chi connectivity index (χ2v) is 7.69. The molecule has 0 fully saturated rings. The number of ether oxygens (including phenoxy) is 1. The number of halogens is 3. The topological polar surface area (TPSA) is 38.3 Å². The number of benzene rings is 2. The van der Waals surface area contributed by atoms with E-state index in [0.717, 1.165) is 23.2 Å². The van der Waals surface area contributed by atoms with Gasteiger partial charge in [-0.05, 0) is 41.7 Å². The summed E-state index contributed by atoms with van der Waals surface area (Å²) in [6.07, 6.45) is 5.15. The van der Waals surface area contributed by atoms with E-state index in [9.17, 15) is 4.79 Å². The standard InChI is InChI=1S/C20H16Cl3NO2/c1-26-20(25)12-8-9-15(22)19-16(12)10-4-2-5-11(10)18(24-19)13-6-3-7-14(21)17(13)23/h2-4,6-11,18,24H,5H2,1H3/t10-,11-,18-/m1/s1. The van der Waals surface area contributed by atoms with Crippen LogP contribution in [0.1, 0.15) is 39.9 Å². The molecule has 0 amide bonds. The van der Waals surface area contributed by atoms with E-state index >= 15 is 0 Å². The number of esters is 1. The minimum absolute atomic E-state index is 0.0547. The van der Waals surface area contributed by atoms with Gasteiger partial charge < -0.3 is 10.1 Å². The van der Waals surface area contributed by atoms with Crippen LogP contribution in [0.3, 0.4) is 0 Å². The summed E-state index contributed by atoms with van der Waals surface area (Å²) in [4.78, 5) is 12.3. The summed E-state index contributed by atoms with van der Waals surface area (Å²) in [6.45, 7) is 0. The van der Waals surface area contributed by atoms with Gasteiger partial charge in [-0.1, -0.05) is 59.1 Å². The molecule has 0 spiro atoms. The summed E-state index contributed by atoms with van der Waals surface area (Å²) in [5, 5.41) is 5.15. The summed E-state index contributed by atoms with van der Waals surface area (Å²) < 4.78 is 4.96. The highest BCUT2D eigenvalue weighted by Gasteiger charge is 2.41. The summed E-state index contributed by atoms with van der Waals surface area (Å²) in [5.41, 5.74) is 3.11. The molecule has 1 N–H and O–H groups in total. The van der Waals surface area contributed by atoms with Gasteiger partial charge in [0.05, 0.1) is 39.5 Å². The molecule has 26 heavy (non-hydrogen) atoms. The molecule has 2 aromatic carbocycles. The molecule has 0 saturated heterocycles. The monoisotopic (exact) mass is 407 g/mol. The highest BCUT2D eigenvalue weighted by Crippen LogP contribution is 2.53. The third-order valence-corrected chi connectivity index (χ3v) is 6.34. The maximum atomic E-state index is 12.3. The normalized spacial score (nSPS) is 23.2. The van der Waals surface area contributed by atoms with E-state index in [1.807, 2.05) is 12.1 Å². The van der Waals surface area contributed by atoms with Crippen LogP contribution in [0.4, 0.5) is 5.69 Å². The maximum absolute atomic E-state index is 12.3. The first-order valence-electron chi connectivity index (χ1n) is 8.30. The molecule has 1 aliphatic carbocycles. The van der Waals surface area contributed by atoms with Gasteiger partial charge in [0.25, 0.3) is 0 Å². The van der Waals surface area contributed by atoms with E-state index in [1.165, 1.54) is 7.11 Å². The van der Waals surface area contributed by atoms with Crippen LogP contribution in [0.25, 0.3) is 0 Å². The SMILES string of the molecule is COC(=O)c1ccc(Cl)c2c1[C@@H]1C=CC[C@H]1[C@H](c1cccc(Cl)c1Cl)N2.